The molecule has 0 radical (unpaired) electrons. The summed E-state index contributed by atoms with van der Waals surface area (Å²) in [6.45, 7) is 3.80. The summed E-state index contributed by atoms with van der Waals surface area (Å²) in [5.41, 5.74) is 0. The Kier molecular flexibility index (Phi) is 5.18. The average Bonchev–Trinajstić information content (AvgIpc) is 2.97. The van der Waals surface area contributed by atoms with Gasteiger partial charge in [-0.05, 0) is 29.9 Å². The van der Waals surface area contributed by atoms with Crippen molar-refractivity contribution in [3.8, 4) is 0 Å². The SMILES string of the molecule is CC(C)C[C@@H](C(=O)[O-])N1C(=O)/C(=C/c2cccs2)SC1=S. The number of nitrogens with zero attached hydrogens (tertiary/aromatic N) is 1. The van der Waals surface area contributed by atoms with Crippen LogP contribution in [-0.4, -0.2) is 27.1 Å². The fraction of sp³-hybridized carbons (Fsp3) is 0.357. The molecule has 0 aliphatic carbocycles. The molecule has 1 aromatic rings. The molecular weight excluding hydrogens is 326 g/mol. The minimum absolute atomic E-state index is 0.124. The van der Waals surface area contributed by atoms with Crippen LogP contribution >= 0.6 is 35.3 Å². The highest BCUT2D eigenvalue weighted by atomic mass is 32.2. The molecule has 1 amide bonds. The van der Waals surface area contributed by atoms with Gasteiger partial charge in [-0.15, -0.1) is 11.3 Å². The summed E-state index contributed by atoms with van der Waals surface area (Å²) in [6, 6.07) is 2.77. The number of thioether (sulfide) groups is 1. The van der Waals surface area contributed by atoms with Crippen LogP contribution in [0.25, 0.3) is 6.08 Å². The van der Waals surface area contributed by atoms with Crippen LogP contribution in [0.4, 0.5) is 0 Å². The van der Waals surface area contributed by atoms with E-state index in [0.29, 0.717) is 11.3 Å². The van der Waals surface area contributed by atoms with Gasteiger partial charge < -0.3 is 9.90 Å². The Morgan fingerprint density at radius 3 is 2.76 bits per heavy atom. The summed E-state index contributed by atoms with van der Waals surface area (Å²) < 4.78 is 0.276. The number of carbonyl (C=O) groups excluding carboxylic acids is 2. The normalized spacial score (nSPS) is 18.8. The second-order valence-corrected chi connectivity index (χ2v) is 7.69. The molecule has 0 unspecified atom stereocenters. The van der Waals surface area contributed by atoms with Crippen LogP contribution in [0.2, 0.25) is 0 Å². The zero-order valence-electron chi connectivity index (χ0n) is 11.6. The van der Waals surface area contributed by atoms with E-state index in [-0.39, 0.29) is 16.1 Å². The van der Waals surface area contributed by atoms with Crippen LogP contribution in [0.1, 0.15) is 25.1 Å². The van der Waals surface area contributed by atoms with Gasteiger partial charge in [0.15, 0.2) is 0 Å². The molecule has 1 saturated heterocycles. The number of rotatable bonds is 5. The van der Waals surface area contributed by atoms with Crippen molar-refractivity contribution >= 4 is 57.6 Å². The van der Waals surface area contributed by atoms with Crippen LogP contribution in [-0.2, 0) is 9.59 Å². The first-order valence-electron chi connectivity index (χ1n) is 6.41. The molecule has 112 valence electrons. The van der Waals surface area contributed by atoms with Gasteiger partial charge in [-0.2, -0.15) is 0 Å². The van der Waals surface area contributed by atoms with E-state index in [4.69, 9.17) is 12.2 Å². The average molecular weight is 340 g/mol. The summed E-state index contributed by atoms with van der Waals surface area (Å²) in [6.07, 6.45) is 2.06. The summed E-state index contributed by atoms with van der Waals surface area (Å²) in [7, 11) is 0. The second-order valence-electron chi connectivity index (χ2n) is 5.03. The summed E-state index contributed by atoms with van der Waals surface area (Å²) in [5.74, 6) is -1.50. The molecular formula is C14H14NO3S3-. The summed E-state index contributed by atoms with van der Waals surface area (Å²) >= 11 is 7.82. The van der Waals surface area contributed by atoms with Gasteiger partial charge in [-0.25, -0.2) is 0 Å². The van der Waals surface area contributed by atoms with E-state index < -0.39 is 12.0 Å². The fourth-order valence-corrected chi connectivity index (χ4v) is 4.08. The molecule has 1 atom stereocenters. The van der Waals surface area contributed by atoms with Crippen LogP contribution in [0.5, 0.6) is 0 Å². The quantitative estimate of drug-likeness (QED) is 0.607. The first-order chi connectivity index (χ1) is 9.90. The van der Waals surface area contributed by atoms with Gasteiger partial charge in [-0.3, -0.25) is 9.69 Å². The summed E-state index contributed by atoms with van der Waals surface area (Å²) in [5, 5.41) is 13.3. The Bertz CT molecular complexity index is 593. The van der Waals surface area contributed by atoms with Gasteiger partial charge in [0, 0.05) is 4.88 Å². The minimum Gasteiger partial charge on any atom is -0.548 e. The smallest absolute Gasteiger partial charge is 0.266 e. The van der Waals surface area contributed by atoms with Crippen molar-refractivity contribution in [3.05, 3.63) is 27.3 Å². The topological polar surface area (TPSA) is 60.4 Å². The molecule has 1 aliphatic heterocycles. The molecule has 21 heavy (non-hydrogen) atoms. The van der Waals surface area contributed by atoms with E-state index in [0.717, 1.165) is 16.6 Å². The van der Waals surface area contributed by atoms with Crippen molar-refractivity contribution in [1.29, 1.82) is 0 Å². The third-order valence-electron chi connectivity index (χ3n) is 2.92. The largest absolute Gasteiger partial charge is 0.548 e. The van der Waals surface area contributed by atoms with Crippen LogP contribution < -0.4 is 5.11 Å². The molecule has 4 nitrogen and oxygen atoms in total. The van der Waals surface area contributed by atoms with Crippen molar-refractivity contribution in [1.82, 2.24) is 4.90 Å². The predicted molar refractivity (Wildman–Crippen MR) is 87.6 cm³/mol. The number of carboxylic acid groups (broad SMARTS) is 1. The third-order valence-corrected chi connectivity index (χ3v) is 5.07. The Hall–Kier alpha value is -1.18. The van der Waals surface area contributed by atoms with E-state index >= 15 is 0 Å². The van der Waals surface area contributed by atoms with Crippen molar-refractivity contribution in [3.63, 3.8) is 0 Å². The van der Waals surface area contributed by atoms with E-state index in [1.54, 1.807) is 6.08 Å². The van der Waals surface area contributed by atoms with Crippen LogP contribution in [0.3, 0.4) is 0 Å². The lowest BCUT2D eigenvalue weighted by molar-refractivity contribution is -0.310. The van der Waals surface area contributed by atoms with Crippen molar-refractivity contribution < 1.29 is 14.7 Å². The van der Waals surface area contributed by atoms with Gasteiger partial charge in [0.1, 0.15) is 4.32 Å². The van der Waals surface area contributed by atoms with Crippen molar-refractivity contribution in [2.24, 2.45) is 5.92 Å². The third kappa shape index (κ3) is 3.72. The molecule has 0 N–H and O–H groups in total. The second kappa shape index (κ2) is 6.72. The molecule has 7 heteroatoms. The molecule has 0 saturated carbocycles. The molecule has 0 aromatic carbocycles. The number of aliphatic carboxylic acids is 1. The van der Waals surface area contributed by atoms with Gasteiger partial charge in [0.2, 0.25) is 0 Å². The first-order valence-corrected chi connectivity index (χ1v) is 8.52. The Morgan fingerprint density at radius 2 is 2.24 bits per heavy atom. The Balaban J connectivity index is 2.27. The van der Waals surface area contributed by atoms with Gasteiger partial charge in [0.25, 0.3) is 5.91 Å². The van der Waals surface area contributed by atoms with Gasteiger partial charge in [-0.1, -0.05) is 43.9 Å². The van der Waals surface area contributed by atoms with Crippen molar-refractivity contribution in [2.45, 2.75) is 26.3 Å². The predicted octanol–water partition coefficient (Wildman–Crippen LogP) is 2.11. The molecule has 1 aromatic heterocycles. The number of thiophene rings is 1. The number of hydrogen-bond donors (Lipinski definition) is 0. The molecule has 0 spiro atoms. The minimum atomic E-state index is -1.27. The van der Waals surface area contributed by atoms with Crippen LogP contribution in [0, 0.1) is 5.92 Å². The number of thiocarbonyl (C=S) groups is 1. The summed E-state index contributed by atoms with van der Waals surface area (Å²) in [4.78, 5) is 26.3. The van der Waals surface area contributed by atoms with E-state index in [1.165, 1.54) is 16.2 Å². The maximum Gasteiger partial charge on any atom is 0.266 e. The monoisotopic (exact) mass is 340 g/mol. The lowest BCUT2D eigenvalue weighted by atomic mass is 10.0. The zero-order valence-corrected chi connectivity index (χ0v) is 14.0. The Morgan fingerprint density at radius 1 is 1.52 bits per heavy atom. The molecule has 2 rings (SSSR count). The van der Waals surface area contributed by atoms with E-state index in [1.807, 2.05) is 31.4 Å². The highest BCUT2D eigenvalue weighted by Gasteiger charge is 2.37. The lowest BCUT2D eigenvalue weighted by Crippen LogP contribution is -2.50. The number of carbonyl (C=O) groups is 2. The van der Waals surface area contributed by atoms with Gasteiger partial charge >= 0.3 is 0 Å². The number of amides is 1. The van der Waals surface area contributed by atoms with Crippen molar-refractivity contribution in [2.75, 3.05) is 0 Å². The lowest BCUT2D eigenvalue weighted by Gasteiger charge is -2.28. The number of hydrogen-bond acceptors (Lipinski definition) is 6. The Labute approximate surface area is 136 Å². The van der Waals surface area contributed by atoms with Gasteiger partial charge in [0.05, 0.1) is 16.9 Å². The zero-order chi connectivity index (χ0) is 15.6. The highest BCUT2D eigenvalue weighted by molar-refractivity contribution is 8.26. The molecule has 1 aliphatic rings. The maximum atomic E-state index is 12.4. The van der Waals surface area contributed by atoms with Crippen LogP contribution in [0.15, 0.2) is 22.4 Å². The molecule has 1 fully saturated rings. The number of carboxylic acids is 1. The maximum absolute atomic E-state index is 12.4. The fourth-order valence-electron chi connectivity index (χ4n) is 2.00. The molecule has 2 heterocycles. The van der Waals surface area contributed by atoms with E-state index in [9.17, 15) is 14.7 Å². The standard InChI is InChI=1S/C14H15NO3S3/c1-8(2)6-10(13(17)18)15-12(16)11(21-14(15)19)7-9-4-3-5-20-9/h3-5,7-8,10H,6H2,1-2H3,(H,17,18)/p-1/b11-7-/t10-/m0/s1. The highest BCUT2D eigenvalue weighted by Crippen LogP contribution is 2.35. The molecule has 0 bridgehead atoms. The first kappa shape index (κ1) is 16.2. The van der Waals surface area contributed by atoms with E-state index in [2.05, 4.69) is 0 Å².